The van der Waals surface area contributed by atoms with Crippen LogP contribution in [0.15, 0.2) is 0 Å². The van der Waals surface area contributed by atoms with Crippen molar-refractivity contribution in [2.24, 2.45) is 0 Å². The van der Waals surface area contributed by atoms with E-state index in [1.165, 1.54) is 0 Å². The molecular formula is C9H21NO2S. The van der Waals surface area contributed by atoms with Crippen LogP contribution in [0.2, 0.25) is 0 Å². The number of aliphatic hydroxyl groups excluding tert-OH is 1. The van der Waals surface area contributed by atoms with E-state index in [-0.39, 0.29) is 0 Å². The Morgan fingerprint density at radius 3 is 2.54 bits per heavy atom. The predicted octanol–water partition coefficient (Wildman–Crippen LogP) is 0.504. The first kappa shape index (κ1) is 13.1. The van der Waals surface area contributed by atoms with E-state index in [1.807, 2.05) is 20.8 Å². The summed E-state index contributed by atoms with van der Waals surface area (Å²) in [5.41, 5.74) is 0. The Morgan fingerprint density at radius 1 is 1.46 bits per heavy atom. The predicted molar refractivity (Wildman–Crippen MR) is 57.3 cm³/mol. The zero-order valence-corrected chi connectivity index (χ0v) is 9.56. The minimum atomic E-state index is -0.855. The van der Waals surface area contributed by atoms with Crippen molar-refractivity contribution in [2.45, 2.75) is 39.3 Å². The van der Waals surface area contributed by atoms with Gasteiger partial charge in [-0.25, -0.2) is 0 Å². The van der Waals surface area contributed by atoms with Crippen molar-refractivity contribution in [1.29, 1.82) is 0 Å². The van der Waals surface area contributed by atoms with Crippen molar-refractivity contribution in [3.8, 4) is 0 Å². The fourth-order valence-electron chi connectivity index (χ4n) is 0.956. The van der Waals surface area contributed by atoms with Crippen molar-refractivity contribution in [2.75, 3.05) is 18.1 Å². The van der Waals surface area contributed by atoms with Gasteiger partial charge in [0.05, 0.1) is 11.9 Å². The molecule has 0 aromatic heterocycles. The molecule has 0 saturated heterocycles. The first-order valence-corrected chi connectivity index (χ1v) is 6.31. The van der Waals surface area contributed by atoms with Crippen molar-refractivity contribution >= 4 is 10.8 Å². The van der Waals surface area contributed by atoms with Crippen molar-refractivity contribution in [3.05, 3.63) is 0 Å². The van der Waals surface area contributed by atoms with E-state index in [0.717, 1.165) is 6.42 Å². The van der Waals surface area contributed by atoms with Crippen LogP contribution < -0.4 is 5.32 Å². The highest BCUT2D eigenvalue weighted by atomic mass is 32.2. The fraction of sp³-hybridized carbons (Fsp3) is 1.00. The minimum Gasteiger partial charge on any atom is -0.391 e. The van der Waals surface area contributed by atoms with Crippen LogP contribution in [-0.4, -0.2) is 39.5 Å². The van der Waals surface area contributed by atoms with Crippen molar-refractivity contribution in [3.63, 3.8) is 0 Å². The van der Waals surface area contributed by atoms with Gasteiger partial charge >= 0.3 is 0 Å². The van der Waals surface area contributed by atoms with E-state index >= 15 is 0 Å². The zero-order chi connectivity index (χ0) is 10.3. The van der Waals surface area contributed by atoms with Gasteiger partial charge in [-0.15, -0.1) is 0 Å². The first-order valence-electron chi connectivity index (χ1n) is 4.82. The van der Waals surface area contributed by atoms with E-state index in [4.69, 9.17) is 0 Å². The summed E-state index contributed by atoms with van der Waals surface area (Å²) in [5, 5.41) is 12.5. The third-order valence-electron chi connectivity index (χ3n) is 1.57. The molecule has 0 fully saturated rings. The smallest absolute Gasteiger partial charge is 0.0779 e. The van der Waals surface area contributed by atoms with Gasteiger partial charge in [-0.1, -0.05) is 20.8 Å². The van der Waals surface area contributed by atoms with E-state index in [2.05, 4.69) is 5.32 Å². The molecule has 0 aromatic carbocycles. The molecule has 0 bridgehead atoms. The van der Waals surface area contributed by atoms with Gasteiger partial charge in [0.25, 0.3) is 0 Å². The molecule has 0 aliphatic carbocycles. The van der Waals surface area contributed by atoms with Gasteiger partial charge in [0.15, 0.2) is 0 Å². The molecule has 2 N–H and O–H groups in total. The molecule has 0 spiro atoms. The number of hydrogen-bond donors (Lipinski definition) is 2. The van der Waals surface area contributed by atoms with Gasteiger partial charge in [-0.05, 0) is 6.42 Å². The molecule has 2 unspecified atom stereocenters. The molecule has 0 heterocycles. The van der Waals surface area contributed by atoms with E-state index in [0.29, 0.717) is 24.1 Å². The van der Waals surface area contributed by atoms with Crippen LogP contribution in [0, 0.1) is 0 Å². The summed E-state index contributed by atoms with van der Waals surface area (Å²) in [4.78, 5) is 0. The van der Waals surface area contributed by atoms with Gasteiger partial charge in [-0.2, -0.15) is 0 Å². The van der Waals surface area contributed by atoms with Gasteiger partial charge in [-0.3, -0.25) is 4.21 Å². The van der Waals surface area contributed by atoms with Gasteiger partial charge in [0.2, 0.25) is 0 Å². The number of hydrogen-bond acceptors (Lipinski definition) is 3. The Hall–Kier alpha value is 0.0700. The summed E-state index contributed by atoms with van der Waals surface area (Å²) < 4.78 is 11.2. The maximum absolute atomic E-state index is 11.2. The largest absolute Gasteiger partial charge is 0.391 e. The second kappa shape index (κ2) is 7.47. The van der Waals surface area contributed by atoms with Gasteiger partial charge < -0.3 is 10.4 Å². The van der Waals surface area contributed by atoms with Gasteiger partial charge in [0.1, 0.15) is 0 Å². The molecule has 0 amide bonds. The lowest BCUT2D eigenvalue weighted by molar-refractivity contribution is 0.191. The molecule has 3 nitrogen and oxygen atoms in total. The monoisotopic (exact) mass is 207 g/mol. The van der Waals surface area contributed by atoms with Crippen LogP contribution in [0.4, 0.5) is 0 Å². The molecule has 0 aromatic rings. The summed E-state index contributed by atoms with van der Waals surface area (Å²) >= 11 is 0. The number of rotatable bonds is 7. The SMILES string of the molecule is CCCS(=O)CC(O)CNC(C)C. The highest BCUT2D eigenvalue weighted by Gasteiger charge is 2.08. The normalized spacial score (nSPS) is 16.1. The van der Waals surface area contributed by atoms with E-state index < -0.39 is 16.9 Å². The van der Waals surface area contributed by atoms with Crippen molar-refractivity contribution in [1.82, 2.24) is 5.32 Å². The molecule has 0 rings (SSSR count). The van der Waals surface area contributed by atoms with Crippen LogP contribution >= 0.6 is 0 Å². The van der Waals surface area contributed by atoms with Crippen LogP contribution in [0.5, 0.6) is 0 Å². The average molecular weight is 207 g/mol. The molecule has 0 saturated carbocycles. The van der Waals surface area contributed by atoms with E-state index in [1.54, 1.807) is 0 Å². The Bertz CT molecular complexity index is 151. The molecular weight excluding hydrogens is 186 g/mol. The maximum Gasteiger partial charge on any atom is 0.0779 e. The number of aliphatic hydroxyl groups is 1. The quantitative estimate of drug-likeness (QED) is 0.639. The van der Waals surface area contributed by atoms with Crippen LogP contribution in [0.3, 0.4) is 0 Å². The molecule has 2 atom stereocenters. The molecule has 13 heavy (non-hydrogen) atoms. The lowest BCUT2D eigenvalue weighted by Gasteiger charge is -2.13. The summed E-state index contributed by atoms with van der Waals surface area (Å²) in [7, 11) is -0.855. The van der Waals surface area contributed by atoms with Crippen molar-refractivity contribution < 1.29 is 9.32 Å². The summed E-state index contributed by atoms with van der Waals surface area (Å²) in [5.74, 6) is 1.09. The standard InChI is InChI=1S/C9H21NO2S/c1-4-5-13(12)7-9(11)6-10-8(2)3/h8-11H,4-7H2,1-3H3. The fourth-order valence-corrected chi connectivity index (χ4v) is 2.13. The third-order valence-corrected chi connectivity index (χ3v) is 3.19. The van der Waals surface area contributed by atoms with Crippen LogP contribution in [-0.2, 0) is 10.8 Å². The molecule has 0 aliphatic rings. The second-order valence-electron chi connectivity index (χ2n) is 3.53. The summed E-state index contributed by atoms with van der Waals surface area (Å²) in [6, 6.07) is 0.370. The second-order valence-corrected chi connectivity index (χ2v) is 5.15. The van der Waals surface area contributed by atoms with Crippen LogP contribution in [0.1, 0.15) is 27.2 Å². The topological polar surface area (TPSA) is 49.3 Å². The highest BCUT2D eigenvalue weighted by molar-refractivity contribution is 7.85. The van der Waals surface area contributed by atoms with Crippen LogP contribution in [0.25, 0.3) is 0 Å². The first-order chi connectivity index (χ1) is 6.06. The highest BCUT2D eigenvalue weighted by Crippen LogP contribution is 1.92. The third kappa shape index (κ3) is 8.40. The van der Waals surface area contributed by atoms with E-state index in [9.17, 15) is 9.32 Å². The minimum absolute atomic E-state index is 0.370. The molecule has 0 radical (unpaired) electrons. The lowest BCUT2D eigenvalue weighted by atomic mass is 10.3. The molecule has 4 heteroatoms. The Morgan fingerprint density at radius 2 is 2.08 bits per heavy atom. The Kier molecular flexibility index (Phi) is 7.51. The zero-order valence-electron chi connectivity index (χ0n) is 8.75. The number of nitrogens with one attached hydrogen (secondary N) is 1. The molecule has 80 valence electrons. The maximum atomic E-state index is 11.2. The lowest BCUT2D eigenvalue weighted by Crippen LogP contribution is -2.35. The molecule has 0 aliphatic heterocycles. The Labute approximate surface area is 83.4 Å². The average Bonchev–Trinajstić information content (AvgIpc) is 2.01. The van der Waals surface area contributed by atoms with Gasteiger partial charge in [0, 0.05) is 29.1 Å². The summed E-state index contributed by atoms with van der Waals surface area (Å²) in [6.07, 6.45) is 0.437. The summed E-state index contributed by atoms with van der Waals surface area (Å²) in [6.45, 7) is 6.58. The Balaban J connectivity index is 3.49.